The van der Waals surface area contributed by atoms with Crippen LogP contribution in [-0.2, 0) is 11.3 Å². The van der Waals surface area contributed by atoms with Gasteiger partial charge in [0, 0.05) is 27.5 Å². The van der Waals surface area contributed by atoms with Crippen LogP contribution in [0.4, 0.5) is 5.13 Å². The second-order valence-electron chi connectivity index (χ2n) is 7.86. The molecule has 0 aliphatic carbocycles. The van der Waals surface area contributed by atoms with Gasteiger partial charge in [-0.1, -0.05) is 84.0 Å². The van der Waals surface area contributed by atoms with Gasteiger partial charge in [-0.05, 0) is 23.6 Å². The first-order valence-corrected chi connectivity index (χ1v) is 13.4. The van der Waals surface area contributed by atoms with Gasteiger partial charge >= 0.3 is 0 Å². The zero-order chi connectivity index (χ0) is 24.1. The fourth-order valence-electron chi connectivity index (χ4n) is 3.29. The Balaban J connectivity index is 1.41. The molecular formula is C25H24BrN5OS2. The Labute approximate surface area is 215 Å². The number of carbonyl (C=O) groups is 1. The van der Waals surface area contributed by atoms with Crippen LogP contribution in [0.1, 0.15) is 25.3 Å². The summed E-state index contributed by atoms with van der Waals surface area (Å²) in [4.78, 5) is 17.1. The average molecular weight is 555 g/mol. The van der Waals surface area contributed by atoms with E-state index in [1.807, 2.05) is 34.2 Å². The normalized spacial score (nSPS) is 11.1. The van der Waals surface area contributed by atoms with E-state index in [1.54, 1.807) is 6.08 Å². The first kappa shape index (κ1) is 24.4. The molecule has 174 valence electrons. The highest BCUT2D eigenvalue weighted by atomic mass is 79.9. The maximum Gasteiger partial charge on any atom is 0.236 e. The zero-order valence-electron chi connectivity index (χ0n) is 18.9. The molecule has 2 heterocycles. The highest BCUT2D eigenvalue weighted by molar-refractivity contribution is 9.10. The average Bonchev–Trinajstić information content (AvgIpc) is 3.46. The molecule has 0 spiro atoms. The molecular weight excluding hydrogens is 530 g/mol. The summed E-state index contributed by atoms with van der Waals surface area (Å²) in [6.45, 7) is 8.75. The molecule has 34 heavy (non-hydrogen) atoms. The molecule has 0 radical (unpaired) electrons. The molecule has 9 heteroatoms. The third kappa shape index (κ3) is 5.84. The maximum atomic E-state index is 12.6. The smallest absolute Gasteiger partial charge is 0.236 e. The molecule has 4 aromatic rings. The van der Waals surface area contributed by atoms with Gasteiger partial charge in [0.1, 0.15) is 0 Å². The topological polar surface area (TPSA) is 72.7 Å². The van der Waals surface area contributed by atoms with Crippen molar-refractivity contribution >= 4 is 50.1 Å². The molecule has 1 N–H and O–H groups in total. The number of thiazole rings is 1. The van der Waals surface area contributed by atoms with Crippen molar-refractivity contribution in [1.29, 1.82) is 0 Å². The van der Waals surface area contributed by atoms with Crippen LogP contribution in [-0.4, -0.2) is 31.4 Å². The van der Waals surface area contributed by atoms with Crippen LogP contribution in [0.15, 0.2) is 76.2 Å². The first-order valence-electron chi connectivity index (χ1n) is 10.7. The number of benzene rings is 2. The number of nitrogens with zero attached hydrogens (tertiary/aromatic N) is 4. The highest BCUT2D eigenvalue weighted by Gasteiger charge is 2.16. The lowest BCUT2D eigenvalue weighted by Crippen LogP contribution is -2.14. The molecule has 0 fully saturated rings. The van der Waals surface area contributed by atoms with Crippen molar-refractivity contribution < 1.29 is 4.79 Å². The van der Waals surface area contributed by atoms with Crippen LogP contribution in [0.5, 0.6) is 0 Å². The summed E-state index contributed by atoms with van der Waals surface area (Å²) in [6, 6.07) is 16.3. The van der Waals surface area contributed by atoms with E-state index in [1.165, 1.54) is 28.7 Å². The minimum Gasteiger partial charge on any atom is -0.301 e. The molecule has 0 saturated carbocycles. The third-order valence-corrected chi connectivity index (χ3v) is 7.34. The lowest BCUT2D eigenvalue weighted by Gasteiger charge is -2.09. The minimum atomic E-state index is -0.141. The van der Waals surface area contributed by atoms with E-state index in [-0.39, 0.29) is 11.7 Å². The monoisotopic (exact) mass is 553 g/mol. The molecule has 0 aliphatic rings. The summed E-state index contributed by atoms with van der Waals surface area (Å²) in [5, 5.41) is 14.8. The molecule has 0 unspecified atom stereocenters. The van der Waals surface area contributed by atoms with E-state index < -0.39 is 0 Å². The molecule has 1 amide bonds. The molecule has 0 atom stereocenters. The van der Waals surface area contributed by atoms with Gasteiger partial charge in [-0.15, -0.1) is 28.1 Å². The number of thioether (sulfide) groups is 1. The van der Waals surface area contributed by atoms with E-state index in [2.05, 4.69) is 81.1 Å². The second-order valence-corrected chi connectivity index (χ2v) is 10.6. The van der Waals surface area contributed by atoms with Crippen molar-refractivity contribution in [3.63, 3.8) is 0 Å². The van der Waals surface area contributed by atoms with Gasteiger partial charge in [-0.25, -0.2) is 4.98 Å². The number of aromatic nitrogens is 4. The number of rotatable bonds is 9. The Morgan fingerprint density at radius 1 is 1.15 bits per heavy atom. The van der Waals surface area contributed by atoms with Crippen molar-refractivity contribution in [3.8, 4) is 22.6 Å². The Morgan fingerprint density at radius 3 is 2.53 bits per heavy atom. The number of amides is 1. The summed E-state index contributed by atoms with van der Waals surface area (Å²) in [6.07, 6.45) is 1.80. The molecule has 2 aromatic carbocycles. The zero-order valence-corrected chi connectivity index (χ0v) is 22.1. The number of nitrogens with one attached hydrogen (secondary N) is 1. The number of hydrogen-bond acceptors (Lipinski definition) is 6. The predicted octanol–water partition coefficient (Wildman–Crippen LogP) is 6.87. The molecule has 4 rings (SSSR count). The van der Waals surface area contributed by atoms with Gasteiger partial charge < -0.3 is 5.32 Å². The summed E-state index contributed by atoms with van der Waals surface area (Å²) >= 11 is 6.18. The fraction of sp³-hybridized carbons (Fsp3) is 0.200. The number of halogens is 1. The van der Waals surface area contributed by atoms with Crippen LogP contribution in [0, 0.1) is 0 Å². The first-order chi connectivity index (χ1) is 16.4. The van der Waals surface area contributed by atoms with Crippen molar-refractivity contribution in [3.05, 3.63) is 76.6 Å². The molecule has 0 aliphatic heterocycles. The molecule has 0 bridgehead atoms. The maximum absolute atomic E-state index is 12.6. The predicted molar refractivity (Wildman–Crippen MR) is 144 cm³/mol. The van der Waals surface area contributed by atoms with Gasteiger partial charge in [-0.3, -0.25) is 9.36 Å². The summed E-state index contributed by atoms with van der Waals surface area (Å²) in [5.41, 5.74) is 4.09. The quantitative estimate of drug-likeness (QED) is 0.181. The summed E-state index contributed by atoms with van der Waals surface area (Å²) in [5.74, 6) is 1.29. The third-order valence-electron chi connectivity index (χ3n) is 5.09. The minimum absolute atomic E-state index is 0.141. The fourth-order valence-corrected chi connectivity index (χ4v) is 5.04. The summed E-state index contributed by atoms with van der Waals surface area (Å²) in [7, 11) is 0. The highest BCUT2D eigenvalue weighted by Crippen LogP contribution is 2.28. The van der Waals surface area contributed by atoms with Crippen molar-refractivity contribution in [2.75, 3.05) is 11.1 Å². The van der Waals surface area contributed by atoms with Gasteiger partial charge in [0.25, 0.3) is 0 Å². The Hall–Kier alpha value is -2.75. The van der Waals surface area contributed by atoms with Crippen molar-refractivity contribution in [1.82, 2.24) is 19.7 Å². The van der Waals surface area contributed by atoms with Gasteiger partial charge in [-0.2, -0.15) is 0 Å². The number of hydrogen-bond donors (Lipinski definition) is 1. The molecule has 6 nitrogen and oxygen atoms in total. The SMILES string of the molecule is C=CCn1c(SCC(=O)Nc2nc(-c3ccc(Br)cc3)cs2)nnc1-c1ccc(C(C)C)cc1. The Bertz CT molecular complexity index is 1280. The van der Waals surface area contributed by atoms with Crippen LogP contribution in [0.25, 0.3) is 22.6 Å². The van der Waals surface area contributed by atoms with Crippen LogP contribution in [0.3, 0.4) is 0 Å². The van der Waals surface area contributed by atoms with Crippen LogP contribution >= 0.6 is 39.0 Å². The van der Waals surface area contributed by atoms with Crippen molar-refractivity contribution in [2.45, 2.75) is 31.5 Å². The van der Waals surface area contributed by atoms with E-state index in [0.717, 1.165) is 27.1 Å². The number of allylic oxidation sites excluding steroid dienone is 1. The molecule has 0 saturated heterocycles. The van der Waals surface area contributed by atoms with E-state index in [9.17, 15) is 4.79 Å². The van der Waals surface area contributed by atoms with E-state index in [4.69, 9.17) is 0 Å². The Kier molecular flexibility index (Phi) is 7.97. The number of anilines is 1. The van der Waals surface area contributed by atoms with Crippen molar-refractivity contribution in [2.24, 2.45) is 0 Å². The van der Waals surface area contributed by atoms with Crippen LogP contribution < -0.4 is 5.32 Å². The van der Waals surface area contributed by atoms with E-state index >= 15 is 0 Å². The lowest BCUT2D eigenvalue weighted by atomic mass is 10.0. The second kappa shape index (κ2) is 11.1. The van der Waals surface area contributed by atoms with Crippen LogP contribution in [0.2, 0.25) is 0 Å². The standard InChI is InChI=1S/C25H24BrN5OS2/c1-4-13-31-23(19-7-5-17(6-8-19)16(2)3)29-30-25(31)34-15-22(32)28-24-27-21(14-33-24)18-9-11-20(26)12-10-18/h4-12,14,16H,1,13,15H2,2-3H3,(H,27,28,32). The van der Waals surface area contributed by atoms with E-state index in [0.29, 0.717) is 22.8 Å². The Morgan fingerprint density at radius 2 is 1.85 bits per heavy atom. The number of carbonyl (C=O) groups excluding carboxylic acids is 1. The van der Waals surface area contributed by atoms with Gasteiger partial charge in [0.15, 0.2) is 16.1 Å². The van der Waals surface area contributed by atoms with Gasteiger partial charge in [0.2, 0.25) is 5.91 Å². The van der Waals surface area contributed by atoms with Gasteiger partial charge in [0.05, 0.1) is 11.4 Å². The lowest BCUT2D eigenvalue weighted by molar-refractivity contribution is -0.113. The summed E-state index contributed by atoms with van der Waals surface area (Å²) < 4.78 is 2.99. The largest absolute Gasteiger partial charge is 0.301 e. The molecule has 2 aromatic heterocycles.